The van der Waals surface area contributed by atoms with E-state index in [0.29, 0.717) is 10.8 Å². The molecular weight excluding hydrogens is 281 g/mol. The predicted octanol–water partition coefficient (Wildman–Crippen LogP) is 1.86. The van der Waals surface area contributed by atoms with Crippen LogP contribution in [0.15, 0.2) is 29.4 Å². The highest BCUT2D eigenvalue weighted by molar-refractivity contribution is 8.01. The summed E-state index contributed by atoms with van der Waals surface area (Å²) in [6, 6.07) is 5.61. The maximum Gasteiger partial charge on any atom is 0.240 e. The molecule has 1 aromatic heterocycles. The molecule has 0 aliphatic rings. The summed E-state index contributed by atoms with van der Waals surface area (Å²) in [5.74, 6) is -0.557. The van der Waals surface area contributed by atoms with Crippen LogP contribution in [0.5, 0.6) is 0 Å². The van der Waals surface area contributed by atoms with Gasteiger partial charge < -0.3 is 5.32 Å². The zero-order valence-corrected chi connectivity index (χ0v) is 12.1. The van der Waals surface area contributed by atoms with Crippen molar-refractivity contribution in [2.24, 2.45) is 7.05 Å². The van der Waals surface area contributed by atoms with Gasteiger partial charge in [0, 0.05) is 12.7 Å². The number of amides is 1. The molecule has 1 aromatic carbocycles. The van der Waals surface area contributed by atoms with E-state index < -0.39 is 4.75 Å². The van der Waals surface area contributed by atoms with Crippen LogP contribution in [-0.4, -0.2) is 30.9 Å². The Kier molecular flexibility index (Phi) is 4.03. The second-order valence-corrected chi connectivity index (χ2v) is 6.25. The maximum absolute atomic E-state index is 12.8. The number of aryl methyl sites for hydroxylation is 1. The lowest BCUT2D eigenvalue weighted by molar-refractivity contribution is -0.117. The number of halogens is 1. The first kappa shape index (κ1) is 14.4. The first-order chi connectivity index (χ1) is 9.38. The van der Waals surface area contributed by atoms with E-state index in [-0.39, 0.29) is 11.7 Å². The van der Waals surface area contributed by atoms with Crippen molar-refractivity contribution in [1.82, 2.24) is 20.2 Å². The Morgan fingerprint density at radius 3 is 2.55 bits per heavy atom. The molecule has 106 valence electrons. The number of carbonyl (C=O) groups excluding carboxylic acids is 1. The van der Waals surface area contributed by atoms with E-state index >= 15 is 0 Å². The number of anilines is 1. The Labute approximate surface area is 119 Å². The second-order valence-electron chi connectivity index (χ2n) is 4.66. The summed E-state index contributed by atoms with van der Waals surface area (Å²) in [5, 5.41) is 14.4. The van der Waals surface area contributed by atoms with Crippen LogP contribution >= 0.6 is 11.8 Å². The maximum atomic E-state index is 12.8. The monoisotopic (exact) mass is 295 g/mol. The summed E-state index contributed by atoms with van der Waals surface area (Å²) in [4.78, 5) is 12.3. The fraction of sp³-hybridized carbons (Fsp3) is 0.333. The van der Waals surface area contributed by atoms with Crippen molar-refractivity contribution in [3.8, 4) is 0 Å². The molecule has 0 bridgehead atoms. The van der Waals surface area contributed by atoms with Gasteiger partial charge >= 0.3 is 0 Å². The van der Waals surface area contributed by atoms with Crippen molar-refractivity contribution in [1.29, 1.82) is 0 Å². The number of hydrogen-bond acceptors (Lipinski definition) is 5. The van der Waals surface area contributed by atoms with E-state index in [0.717, 1.165) is 0 Å². The highest BCUT2D eigenvalue weighted by Gasteiger charge is 2.31. The zero-order valence-electron chi connectivity index (χ0n) is 11.3. The topological polar surface area (TPSA) is 72.7 Å². The van der Waals surface area contributed by atoms with Crippen LogP contribution < -0.4 is 5.32 Å². The quantitative estimate of drug-likeness (QED) is 0.872. The molecule has 0 atom stereocenters. The van der Waals surface area contributed by atoms with E-state index in [1.807, 2.05) is 0 Å². The average Bonchev–Trinajstić information content (AvgIpc) is 2.77. The highest BCUT2D eigenvalue weighted by atomic mass is 32.2. The van der Waals surface area contributed by atoms with E-state index in [1.54, 1.807) is 20.9 Å². The van der Waals surface area contributed by atoms with Crippen molar-refractivity contribution in [3.05, 3.63) is 30.1 Å². The number of benzene rings is 1. The molecular formula is C12H14FN5OS. The molecule has 0 aliphatic carbocycles. The van der Waals surface area contributed by atoms with Gasteiger partial charge in [-0.1, -0.05) is 11.8 Å². The minimum atomic E-state index is -0.767. The van der Waals surface area contributed by atoms with Gasteiger partial charge in [0.05, 0.1) is 4.75 Å². The number of thioether (sulfide) groups is 1. The Bertz CT molecular complexity index is 611. The Balaban J connectivity index is 2.07. The Morgan fingerprint density at radius 2 is 2.00 bits per heavy atom. The van der Waals surface area contributed by atoms with Crippen molar-refractivity contribution >= 4 is 23.4 Å². The largest absolute Gasteiger partial charge is 0.325 e. The molecule has 0 fully saturated rings. The molecule has 0 spiro atoms. The lowest BCUT2D eigenvalue weighted by atomic mass is 10.2. The summed E-state index contributed by atoms with van der Waals surface area (Å²) >= 11 is 1.25. The van der Waals surface area contributed by atoms with Crippen LogP contribution in [0.25, 0.3) is 0 Å². The minimum Gasteiger partial charge on any atom is -0.325 e. The summed E-state index contributed by atoms with van der Waals surface area (Å²) in [6.07, 6.45) is 0. The number of nitrogens with one attached hydrogen (secondary N) is 1. The summed E-state index contributed by atoms with van der Waals surface area (Å²) in [7, 11) is 1.70. The number of carbonyl (C=O) groups is 1. The lowest BCUT2D eigenvalue weighted by Crippen LogP contribution is -2.34. The molecule has 20 heavy (non-hydrogen) atoms. The van der Waals surface area contributed by atoms with Gasteiger partial charge in [0.25, 0.3) is 0 Å². The van der Waals surface area contributed by atoms with Gasteiger partial charge in [-0.05, 0) is 48.5 Å². The standard InChI is InChI=1S/C12H14FN5OS/c1-12(2,20-11-15-16-17-18(11)3)10(19)14-9-6-4-8(13)5-7-9/h4-7H,1-3H3,(H,14,19). The van der Waals surface area contributed by atoms with E-state index in [9.17, 15) is 9.18 Å². The minimum absolute atomic E-state index is 0.211. The van der Waals surface area contributed by atoms with E-state index in [2.05, 4.69) is 20.8 Å². The summed E-state index contributed by atoms with van der Waals surface area (Å²) in [6.45, 7) is 3.54. The van der Waals surface area contributed by atoms with Crippen LogP contribution in [-0.2, 0) is 11.8 Å². The second kappa shape index (κ2) is 5.58. The first-order valence-electron chi connectivity index (χ1n) is 5.87. The van der Waals surface area contributed by atoms with Crippen molar-refractivity contribution in [2.75, 3.05) is 5.32 Å². The number of nitrogens with zero attached hydrogens (tertiary/aromatic N) is 4. The molecule has 0 aliphatic heterocycles. The molecule has 1 heterocycles. The molecule has 6 nitrogen and oxygen atoms in total. The molecule has 1 N–H and O–H groups in total. The van der Waals surface area contributed by atoms with Crippen molar-refractivity contribution in [2.45, 2.75) is 23.8 Å². The van der Waals surface area contributed by atoms with Crippen molar-refractivity contribution < 1.29 is 9.18 Å². The van der Waals surface area contributed by atoms with E-state index in [4.69, 9.17) is 0 Å². The predicted molar refractivity (Wildman–Crippen MR) is 73.8 cm³/mol. The van der Waals surface area contributed by atoms with Gasteiger partial charge in [0.1, 0.15) is 5.82 Å². The van der Waals surface area contributed by atoms with Gasteiger partial charge in [-0.3, -0.25) is 4.79 Å². The summed E-state index contributed by atoms with van der Waals surface area (Å²) < 4.78 is 13.5. The van der Waals surface area contributed by atoms with Crippen LogP contribution in [0.2, 0.25) is 0 Å². The van der Waals surface area contributed by atoms with Crippen LogP contribution in [0.4, 0.5) is 10.1 Å². The zero-order chi connectivity index (χ0) is 14.8. The molecule has 0 saturated carbocycles. The molecule has 0 radical (unpaired) electrons. The molecule has 1 amide bonds. The third-order valence-electron chi connectivity index (χ3n) is 2.58. The normalized spacial score (nSPS) is 11.4. The average molecular weight is 295 g/mol. The van der Waals surface area contributed by atoms with Gasteiger partial charge in [-0.2, -0.15) is 0 Å². The molecule has 2 aromatic rings. The summed E-state index contributed by atoms with van der Waals surface area (Å²) in [5.41, 5.74) is 0.543. The molecule has 0 saturated heterocycles. The lowest BCUT2D eigenvalue weighted by Gasteiger charge is -2.21. The Hall–Kier alpha value is -1.96. The third-order valence-corrected chi connectivity index (χ3v) is 3.80. The number of tetrazole rings is 1. The smallest absolute Gasteiger partial charge is 0.240 e. The molecule has 0 unspecified atom stereocenters. The van der Waals surface area contributed by atoms with Gasteiger partial charge in [-0.25, -0.2) is 9.07 Å². The SMILES string of the molecule is Cn1nnnc1SC(C)(C)C(=O)Nc1ccc(F)cc1. The van der Waals surface area contributed by atoms with Gasteiger partial charge in [0.15, 0.2) is 0 Å². The molecule has 2 rings (SSSR count). The van der Waals surface area contributed by atoms with Gasteiger partial charge in [-0.15, -0.1) is 5.10 Å². The van der Waals surface area contributed by atoms with Crippen LogP contribution in [0.1, 0.15) is 13.8 Å². The number of hydrogen-bond donors (Lipinski definition) is 1. The molecule has 8 heteroatoms. The van der Waals surface area contributed by atoms with Crippen LogP contribution in [0.3, 0.4) is 0 Å². The van der Waals surface area contributed by atoms with Crippen LogP contribution in [0, 0.1) is 5.82 Å². The fourth-order valence-corrected chi connectivity index (χ4v) is 2.24. The number of aromatic nitrogens is 4. The van der Waals surface area contributed by atoms with Crippen molar-refractivity contribution in [3.63, 3.8) is 0 Å². The number of rotatable bonds is 4. The first-order valence-corrected chi connectivity index (χ1v) is 6.68. The Morgan fingerprint density at radius 1 is 1.35 bits per heavy atom. The highest BCUT2D eigenvalue weighted by Crippen LogP contribution is 2.31. The van der Waals surface area contributed by atoms with Gasteiger partial charge in [0.2, 0.25) is 11.1 Å². The van der Waals surface area contributed by atoms with E-state index in [1.165, 1.54) is 40.7 Å². The fourth-order valence-electron chi connectivity index (χ4n) is 1.40. The third kappa shape index (κ3) is 3.32.